The van der Waals surface area contributed by atoms with Crippen molar-refractivity contribution < 1.29 is 23.5 Å². The van der Waals surface area contributed by atoms with E-state index in [1.165, 1.54) is 12.7 Å². The molecule has 4 rings (SSSR count). The van der Waals surface area contributed by atoms with E-state index >= 15 is 0 Å². The molecule has 1 saturated heterocycles. The van der Waals surface area contributed by atoms with Crippen LogP contribution >= 0.6 is 0 Å². The van der Waals surface area contributed by atoms with Gasteiger partial charge in [-0.15, -0.1) is 0 Å². The molecule has 0 saturated carbocycles. The van der Waals surface area contributed by atoms with Gasteiger partial charge < -0.3 is 18.8 Å². The zero-order chi connectivity index (χ0) is 23.5. The average Bonchev–Trinajstić information content (AvgIpc) is 3.26. The second-order valence-electron chi connectivity index (χ2n) is 8.51. The van der Waals surface area contributed by atoms with Gasteiger partial charge in [0.2, 0.25) is 5.91 Å². The van der Waals surface area contributed by atoms with E-state index in [-0.39, 0.29) is 17.8 Å². The minimum atomic E-state index is -0.198. The molecule has 2 heterocycles. The van der Waals surface area contributed by atoms with Gasteiger partial charge in [-0.05, 0) is 43.9 Å². The molecule has 1 aromatic heterocycles. The Morgan fingerprint density at radius 3 is 2.42 bits per heavy atom. The van der Waals surface area contributed by atoms with Crippen molar-refractivity contribution in [2.24, 2.45) is 5.92 Å². The van der Waals surface area contributed by atoms with Crippen molar-refractivity contribution in [2.45, 2.75) is 26.7 Å². The molecule has 2 aromatic carbocycles. The van der Waals surface area contributed by atoms with Crippen LogP contribution in [0.15, 0.2) is 53.2 Å². The van der Waals surface area contributed by atoms with E-state index in [0.29, 0.717) is 31.7 Å². The fraction of sp³-hybridized carbons (Fsp3) is 0.333. The molecule has 0 radical (unpaired) electrons. The number of amides is 1. The van der Waals surface area contributed by atoms with E-state index < -0.39 is 0 Å². The Labute approximate surface area is 193 Å². The van der Waals surface area contributed by atoms with Gasteiger partial charge in [-0.3, -0.25) is 9.59 Å². The van der Waals surface area contributed by atoms with Crippen LogP contribution in [0.1, 0.15) is 30.9 Å². The molecule has 3 aromatic rings. The standard InChI is InChI=1S/C27H29NO5/c1-17-5-7-19(8-6-17)23-16-33-25-15-24(31-3)21(14-22(23)25)18(2)13-26(29)28-11-9-20(10-12-28)27(30)32-4/h5-8,13-16,20H,9-12H2,1-4H3/b18-13+. The highest BCUT2D eigenvalue weighted by molar-refractivity contribution is 6.00. The van der Waals surface area contributed by atoms with E-state index in [2.05, 4.69) is 31.2 Å². The summed E-state index contributed by atoms with van der Waals surface area (Å²) >= 11 is 0. The Balaban J connectivity index is 1.61. The molecule has 0 spiro atoms. The number of aryl methyl sites for hydroxylation is 1. The molecule has 0 unspecified atom stereocenters. The van der Waals surface area contributed by atoms with Crippen LogP contribution in [0.4, 0.5) is 0 Å². The summed E-state index contributed by atoms with van der Waals surface area (Å²) in [6.07, 6.45) is 4.65. The lowest BCUT2D eigenvalue weighted by molar-refractivity contribution is -0.148. The van der Waals surface area contributed by atoms with Gasteiger partial charge in [-0.25, -0.2) is 0 Å². The average molecular weight is 448 g/mol. The van der Waals surface area contributed by atoms with Crippen LogP contribution < -0.4 is 4.74 Å². The van der Waals surface area contributed by atoms with E-state index in [1.807, 2.05) is 19.1 Å². The number of furan rings is 1. The van der Waals surface area contributed by atoms with Crippen molar-refractivity contribution in [3.8, 4) is 16.9 Å². The van der Waals surface area contributed by atoms with Crippen molar-refractivity contribution in [3.05, 3.63) is 59.9 Å². The third kappa shape index (κ3) is 4.65. The summed E-state index contributed by atoms with van der Waals surface area (Å²) in [6.45, 7) is 5.05. The molecule has 0 aliphatic carbocycles. The van der Waals surface area contributed by atoms with E-state index in [4.69, 9.17) is 13.9 Å². The van der Waals surface area contributed by atoms with Gasteiger partial charge in [-0.1, -0.05) is 29.8 Å². The van der Waals surface area contributed by atoms with Crippen molar-refractivity contribution in [2.75, 3.05) is 27.3 Å². The van der Waals surface area contributed by atoms with Gasteiger partial charge in [0.1, 0.15) is 11.3 Å². The van der Waals surface area contributed by atoms with Gasteiger partial charge in [0.15, 0.2) is 0 Å². The molecule has 33 heavy (non-hydrogen) atoms. The monoisotopic (exact) mass is 447 g/mol. The molecule has 6 heteroatoms. The molecule has 172 valence electrons. The summed E-state index contributed by atoms with van der Waals surface area (Å²) in [5.74, 6) is 0.256. The van der Waals surface area contributed by atoms with Gasteiger partial charge in [0.05, 0.1) is 26.4 Å². The molecule has 0 N–H and O–H groups in total. The van der Waals surface area contributed by atoms with Gasteiger partial charge in [0.25, 0.3) is 0 Å². The Hall–Kier alpha value is -3.54. The second-order valence-corrected chi connectivity index (χ2v) is 8.51. The number of carbonyl (C=O) groups is 2. The Morgan fingerprint density at radius 2 is 1.79 bits per heavy atom. The molecule has 0 atom stereocenters. The number of carbonyl (C=O) groups excluding carboxylic acids is 2. The maximum Gasteiger partial charge on any atom is 0.308 e. The Kier molecular flexibility index (Phi) is 6.54. The number of hydrogen-bond acceptors (Lipinski definition) is 5. The van der Waals surface area contributed by atoms with Crippen LogP contribution in [0.25, 0.3) is 27.7 Å². The largest absolute Gasteiger partial charge is 0.496 e. The number of benzene rings is 2. The summed E-state index contributed by atoms with van der Waals surface area (Å²) in [5, 5.41) is 0.966. The molecule has 1 aliphatic rings. The molecule has 6 nitrogen and oxygen atoms in total. The quantitative estimate of drug-likeness (QED) is 0.396. The van der Waals surface area contributed by atoms with Crippen molar-refractivity contribution in [3.63, 3.8) is 0 Å². The highest BCUT2D eigenvalue weighted by Gasteiger charge is 2.27. The highest BCUT2D eigenvalue weighted by atomic mass is 16.5. The minimum Gasteiger partial charge on any atom is -0.496 e. The molecular formula is C27H29NO5. The number of rotatable bonds is 5. The first-order valence-electron chi connectivity index (χ1n) is 11.1. The van der Waals surface area contributed by atoms with Crippen molar-refractivity contribution in [1.82, 2.24) is 4.90 Å². The predicted octanol–water partition coefficient (Wildman–Crippen LogP) is 5.23. The number of allylic oxidation sites excluding steroid dienone is 1. The van der Waals surface area contributed by atoms with Crippen molar-refractivity contribution >= 4 is 28.4 Å². The molecule has 1 amide bonds. The third-order valence-electron chi connectivity index (χ3n) is 6.36. The fourth-order valence-corrected chi connectivity index (χ4v) is 4.35. The maximum absolute atomic E-state index is 12.9. The van der Waals surface area contributed by atoms with Gasteiger partial charge in [0, 0.05) is 41.7 Å². The van der Waals surface area contributed by atoms with Crippen LogP contribution in [-0.2, 0) is 14.3 Å². The first-order chi connectivity index (χ1) is 15.9. The zero-order valence-electron chi connectivity index (χ0n) is 19.5. The molecule has 1 aliphatic heterocycles. The number of fused-ring (bicyclic) bond motifs is 1. The van der Waals surface area contributed by atoms with Crippen LogP contribution in [0.3, 0.4) is 0 Å². The van der Waals surface area contributed by atoms with Gasteiger partial charge in [-0.2, -0.15) is 0 Å². The smallest absolute Gasteiger partial charge is 0.308 e. The maximum atomic E-state index is 12.9. The molecule has 0 bridgehead atoms. The van der Waals surface area contributed by atoms with Crippen LogP contribution in [0.2, 0.25) is 0 Å². The fourth-order valence-electron chi connectivity index (χ4n) is 4.35. The second kappa shape index (κ2) is 9.53. The van der Waals surface area contributed by atoms with Crippen molar-refractivity contribution in [1.29, 1.82) is 0 Å². The third-order valence-corrected chi connectivity index (χ3v) is 6.36. The SMILES string of the molecule is COC(=O)C1CCN(C(=O)/C=C(\C)c2cc3c(-c4ccc(C)cc4)coc3cc2OC)CC1. The van der Waals surface area contributed by atoms with Crippen LogP contribution in [0, 0.1) is 12.8 Å². The first kappa shape index (κ1) is 22.6. The summed E-state index contributed by atoms with van der Waals surface area (Å²) in [4.78, 5) is 26.5. The topological polar surface area (TPSA) is 69.0 Å². The number of methoxy groups -OCH3 is 2. The normalized spacial score (nSPS) is 15.0. The minimum absolute atomic E-state index is 0.0658. The number of nitrogens with zero attached hydrogens (tertiary/aromatic N) is 1. The first-order valence-corrected chi connectivity index (χ1v) is 11.1. The zero-order valence-corrected chi connectivity index (χ0v) is 19.5. The van der Waals surface area contributed by atoms with Crippen LogP contribution in [-0.4, -0.2) is 44.1 Å². The Bertz CT molecular complexity index is 1200. The van der Waals surface area contributed by atoms with Crippen LogP contribution in [0.5, 0.6) is 5.75 Å². The number of esters is 1. The summed E-state index contributed by atoms with van der Waals surface area (Å²) in [6, 6.07) is 12.2. The lowest BCUT2D eigenvalue weighted by Crippen LogP contribution is -2.39. The van der Waals surface area contributed by atoms with E-state index in [1.54, 1.807) is 24.3 Å². The molecule has 1 fully saturated rings. The lowest BCUT2D eigenvalue weighted by Gasteiger charge is -2.30. The summed E-state index contributed by atoms with van der Waals surface area (Å²) in [5.41, 5.74) is 5.65. The highest BCUT2D eigenvalue weighted by Crippen LogP contribution is 2.37. The summed E-state index contributed by atoms with van der Waals surface area (Å²) < 4.78 is 16.3. The van der Waals surface area contributed by atoms with E-state index in [0.717, 1.165) is 33.2 Å². The summed E-state index contributed by atoms with van der Waals surface area (Å²) in [7, 11) is 3.02. The van der Waals surface area contributed by atoms with Gasteiger partial charge >= 0.3 is 5.97 Å². The Morgan fingerprint density at radius 1 is 1.09 bits per heavy atom. The van der Waals surface area contributed by atoms with E-state index in [9.17, 15) is 9.59 Å². The number of ether oxygens (including phenoxy) is 2. The predicted molar refractivity (Wildman–Crippen MR) is 128 cm³/mol. The molecular weight excluding hydrogens is 418 g/mol. The number of hydrogen-bond donors (Lipinski definition) is 0. The lowest BCUT2D eigenvalue weighted by atomic mass is 9.96. The number of piperidine rings is 1. The number of likely N-dealkylation sites (tertiary alicyclic amines) is 1.